The SMILES string of the molecule is O=S(=O)(c1ccc(O)c(I)c1)c1ccc(O)c(I)c1. The van der Waals surface area contributed by atoms with Crippen molar-refractivity contribution in [2.45, 2.75) is 9.79 Å². The molecule has 0 fully saturated rings. The first-order chi connectivity index (χ1) is 8.82. The molecule has 0 saturated heterocycles. The molecule has 0 atom stereocenters. The Morgan fingerprint density at radius 2 is 1.16 bits per heavy atom. The summed E-state index contributed by atoms with van der Waals surface area (Å²) >= 11 is 3.73. The van der Waals surface area contributed by atoms with E-state index in [2.05, 4.69) is 0 Å². The number of phenolic OH excluding ortho intramolecular Hbond substituents is 2. The van der Waals surface area contributed by atoms with Crippen molar-refractivity contribution in [3.63, 3.8) is 0 Å². The first-order valence-corrected chi connectivity index (χ1v) is 8.68. The number of hydrogen-bond acceptors (Lipinski definition) is 4. The van der Waals surface area contributed by atoms with E-state index in [1.54, 1.807) is 0 Å². The molecule has 0 radical (unpaired) electrons. The highest BCUT2D eigenvalue weighted by atomic mass is 127. The lowest BCUT2D eigenvalue weighted by atomic mass is 10.3. The van der Waals surface area contributed by atoms with E-state index >= 15 is 0 Å². The highest BCUT2D eigenvalue weighted by Crippen LogP contribution is 2.29. The molecule has 0 amide bonds. The smallest absolute Gasteiger partial charge is 0.206 e. The van der Waals surface area contributed by atoms with Crippen LogP contribution in [0.25, 0.3) is 0 Å². The van der Waals surface area contributed by atoms with Crippen molar-refractivity contribution < 1.29 is 18.6 Å². The Bertz CT molecular complexity index is 684. The lowest BCUT2D eigenvalue weighted by molar-refractivity contribution is 0.470. The largest absolute Gasteiger partial charge is 0.507 e. The van der Waals surface area contributed by atoms with E-state index in [1.165, 1.54) is 36.4 Å². The maximum atomic E-state index is 12.4. The van der Waals surface area contributed by atoms with Gasteiger partial charge in [0.25, 0.3) is 0 Å². The van der Waals surface area contributed by atoms with Gasteiger partial charge in [0.05, 0.1) is 16.9 Å². The van der Waals surface area contributed by atoms with Gasteiger partial charge in [0.2, 0.25) is 9.84 Å². The van der Waals surface area contributed by atoms with Gasteiger partial charge in [-0.05, 0) is 81.6 Å². The van der Waals surface area contributed by atoms with Crippen LogP contribution in [0.2, 0.25) is 0 Å². The summed E-state index contributed by atoms with van der Waals surface area (Å²) in [5, 5.41) is 18.8. The van der Waals surface area contributed by atoms with Gasteiger partial charge in [0.1, 0.15) is 11.5 Å². The van der Waals surface area contributed by atoms with Gasteiger partial charge in [-0.2, -0.15) is 0 Å². The Labute approximate surface area is 137 Å². The molecule has 0 unspecified atom stereocenters. The Kier molecular flexibility index (Phi) is 4.26. The second kappa shape index (κ2) is 5.44. The van der Waals surface area contributed by atoms with Crippen LogP contribution < -0.4 is 0 Å². The van der Waals surface area contributed by atoms with Crippen molar-refractivity contribution in [1.82, 2.24) is 0 Å². The number of benzene rings is 2. The second-order valence-electron chi connectivity index (χ2n) is 3.73. The van der Waals surface area contributed by atoms with Gasteiger partial charge in [-0.3, -0.25) is 0 Å². The fourth-order valence-electron chi connectivity index (χ4n) is 1.45. The highest BCUT2D eigenvalue weighted by Gasteiger charge is 2.19. The van der Waals surface area contributed by atoms with Gasteiger partial charge in [0.15, 0.2) is 0 Å². The van der Waals surface area contributed by atoms with Crippen molar-refractivity contribution in [2.24, 2.45) is 0 Å². The van der Waals surface area contributed by atoms with Crippen LogP contribution in [0.4, 0.5) is 0 Å². The molecule has 0 saturated carbocycles. The molecule has 0 spiro atoms. The molecule has 7 heteroatoms. The molecule has 0 aliphatic rings. The number of aromatic hydroxyl groups is 2. The minimum absolute atomic E-state index is 0.0415. The Morgan fingerprint density at radius 1 is 0.789 bits per heavy atom. The first-order valence-electron chi connectivity index (χ1n) is 5.04. The van der Waals surface area contributed by atoms with Crippen LogP contribution in [-0.2, 0) is 9.84 Å². The first kappa shape index (κ1) is 14.9. The lowest BCUT2D eigenvalue weighted by Crippen LogP contribution is -2.02. The van der Waals surface area contributed by atoms with Gasteiger partial charge < -0.3 is 10.2 Å². The lowest BCUT2D eigenvalue weighted by Gasteiger charge is -2.07. The Hall–Kier alpha value is -0.550. The van der Waals surface area contributed by atoms with Gasteiger partial charge >= 0.3 is 0 Å². The summed E-state index contributed by atoms with van der Waals surface area (Å²) in [5.74, 6) is 0.0830. The van der Waals surface area contributed by atoms with Crippen LogP contribution in [0.15, 0.2) is 46.2 Å². The minimum atomic E-state index is -3.65. The van der Waals surface area contributed by atoms with Gasteiger partial charge in [-0.25, -0.2) is 8.42 Å². The highest BCUT2D eigenvalue weighted by molar-refractivity contribution is 14.1. The fourth-order valence-corrected chi connectivity index (χ4v) is 4.21. The summed E-state index contributed by atoms with van der Waals surface area (Å²) in [7, 11) is -3.65. The number of phenols is 2. The topological polar surface area (TPSA) is 74.6 Å². The molecule has 100 valence electrons. The van der Waals surface area contributed by atoms with E-state index in [0.717, 1.165) is 0 Å². The molecule has 19 heavy (non-hydrogen) atoms. The molecule has 2 aromatic rings. The summed E-state index contributed by atoms with van der Waals surface area (Å²) in [6, 6.07) is 8.22. The predicted molar refractivity (Wildman–Crippen MR) is 87.1 cm³/mol. The molecular weight excluding hydrogens is 494 g/mol. The average molecular weight is 502 g/mol. The molecule has 0 aliphatic heterocycles. The molecule has 0 heterocycles. The predicted octanol–water partition coefficient (Wildman–Crippen LogP) is 3.14. The monoisotopic (exact) mass is 502 g/mol. The quantitative estimate of drug-likeness (QED) is 0.620. The van der Waals surface area contributed by atoms with Crippen molar-refractivity contribution in [2.75, 3.05) is 0 Å². The van der Waals surface area contributed by atoms with E-state index in [1.807, 2.05) is 45.2 Å². The molecule has 2 aromatic carbocycles. The van der Waals surface area contributed by atoms with Gasteiger partial charge in [-0.1, -0.05) is 0 Å². The number of rotatable bonds is 2. The summed E-state index contributed by atoms with van der Waals surface area (Å²) < 4.78 is 25.7. The van der Waals surface area contributed by atoms with Crippen LogP contribution in [-0.4, -0.2) is 18.6 Å². The Balaban J connectivity index is 2.58. The summed E-state index contributed by atoms with van der Waals surface area (Å²) in [6.45, 7) is 0. The molecule has 2 N–H and O–H groups in total. The second-order valence-corrected chi connectivity index (χ2v) is 8.00. The van der Waals surface area contributed by atoms with Crippen molar-refractivity contribution in [3.8, 4) is 11.5 Å². The normalized spacial score (nSPS) is 11.5. The zero-order valence-corrected chi connectivity index (χ0v) is 14.5. The third-order valence-corrected chi connectivity index (χ3v) is 5.94. The van der Waals surface area contributed by atoms with E-state index < -0.39 is 9.84 Å². The average Bonchev–Trinajstić information content (AvgIpc) is 2.35. The molecule has 0 aliphatic carbocycles. The molecular formula is C12H8I2O4S. The minimum Gasteiger partial charge on any atom is -0.507 e. The third kappa shape index (κ3) is 2.97. The molecule has 0 aromatic heterocycles. The molecule has 4 nitrogen and oxygen atoms in total. The van der Waals surface area contributed by atoms with E-state index in [-0.39, 0.29) is 21.3 Å². The van der Waals surface area contributed by atoms with E-state index in [0.29, 0.717) is 7.14 Å². The zero-order chi connectivity index (χ0) is 14.2. The standard InChI is InChI=1S/C12H8I2O4S/c13-9-5-7(1-3-11(9)15)19(17,18)8-2-4-12(16)10(14)6-8/h1-6,15-16H. The molecule has 0 bridgehead atoms. The third-order valence-electron chi connectivity index (χ3n) is 2.46. The number of halogens is 2. The summed E-state index contributed by atoms with van der Waals surface area (Å²) in [5.41, 5.74) is 0. The Morgan fingerprint density at radius 3 is 1.47 bits per heavy atom. The van der Waals surface area contributed by atoms with Crippen LogP contribution in [0.3, 0.4) is 0 Å². The summed E-state index contributed by atoms with van der Waals surface area (Å²) in [4.78, 5) is 0.215. The van der Waals surface area contributed by atoms with Gasteiger partial charge in [-0.15, -0.1) is 0 Å². The van der Waals surface area contributed by atoms with E-state index in [9.17, 15) is 18.6 Å². The number of hydrogen-bond donors (Lipinski definition) is 2. The van der Waals surface area contributed by atoms with Crippen molar-refractivity contribution in [3.05, 3.63) is 43.5 Å². The maximum absolute atomic E-state index is 12.4. The fraction of sp³-hybridized carbons (Fsp3) is 0. The summed E-state index contributed by atoms with van der Waals surface area (Å²) in [6.07, 6.45) is 0. The van der Waals surface area contributed by atoms with Crippen molar-refractivity contribution >= 4 is 55.0 Å². The van der Waals surface area contributed by atoms with Crippen LogP contribution in [0, 0.1) is 7.14 Å². The maximum Gasteiger partial charge on any atom is 0.206 e. The van der Waals surface area contributed by atoms with Crippen LogP contribution in [0.5, 0.6) is 11.5 Å². The van der Waals surface area contributed by atoms with Gasteiger partial charge in [0, 0.05) is 0 Å². The van der Waals surface area contributed by atoms with Crippen LogP contribution in [0.1, 0.15) is 0 Å². The zero-order valence-electron chi connectivity index (χ0n) is 9.34. The number of sulfone groups is 1. The van der Waals surface area contributed by atoms with Crippen molar-refractivity contribution in [1.29, 1.82) is 0 Å². The van der Waals surface area contributed by atoms with E-state index in [4.69, 9.17) is 0 Å². The van der Waals surface area contributed by atoms with Crippen LogP contribution >= 0.6 is 45.2 Å². The molecule has 2 rings (SSSR count).